The van der Waals surface area contributed by atoms with E-state index in [1.54, 1.807) is 11.1 Å². The molecule has 1 N–H and O–H groups in total. The summed E-state index contributed by atoms with van der Waals surface area (Å²) in [5, 5.41) is 2.99. The number of piperazine rings is 1. The maximum absolute atomic E-state index is 13.4. The first-order valence-corrected chi connectivity index (χ1v) is 10.1. The Hall–Kier alpha value is -2.55. The number of allylic oxidation sites excluding steroid dienone is 3. The maximum Gasteiger partial charge on any atom is 0.397 e. The first-order chi connectivity index (χ1) is 14.2. The molecule has 0 spiro atoms. The molecule has 2 aliphatic heterocycles. The molecule has 1 saturated heterocycles. The van der Waals surface area contributed by atoms with Gasteiger partial charge in [0, 0.05) is 24.9 Å². The molecule has 10 heteroatoms. The highest BCUT2D eigenvalue weighted by Crippen LogP contribution is 2.51. The quantitative estimate of drug-likeness (QED) is 0.722. The molecule has 30 heavy (non-hydrogen) atoms. The number of rotatable bonds is 2. The van der Waals surface area contributed by atoms with Crippen LogP contribution in [0.4, 0.5) is 13.2 Å². The Bertz CT molecular complexity index is 1000. The van der Waals surface area contributed by atoms with Crippen LogP contribution in [0.2, 0.25) is 0 Å². The normalized spacial score (nSPS) is 27.8. The van der Waals surface area contributed by atoms with Crippen molar-refractivity contribution in [2.24, 2.45) is 11.0 Å². The van der Waals surface area contributed by atoms with E-state index in [2.05, 4.69) is 15.5 Å². The van der Waals surface area contributed by atoms with Crippen molar-refractivity contribution in [1.29, 1.82) is 0 Å². The molecule has 0 aromatic carbocycles. The van der Waals surface area contributed by atoms with E-state index in [-0.39, 0.29) is 23.7 Å². The van der Waals surface area contributed by atoms with Gasteiger partial charge in [-0.25, -0.2) is 0 Å². The second-order valence-electron chi connectivity index (χ2n) is 8.00. The minimum atomic E-state index is -4.47. The number of nitrogens with one attached hydrogen (secondary N) is 1. The number of carbonyl (C=O) groups excluding carboxylic acids is 1. The largest absolute Gasteiger partial charge is 0.397 e. The number of halogens is 4. The zero-order valence-electron chi connectivity index (χ0n) is 16.1. The third-order valence-electron chi connectivity index (χ3n) is 6.05. The van der Waals surface area contributed by atoms with Crippen LogP contribution >= 0.6 is 11.6 Å². The fraction of sp³-hybridized carbons (Fsp3) is 0.450. The molecular weight excluding hydrogens is 419 g/mol. The highest BCUT2D eigenvalue weighted by Gasteiger charge is 2.54. The summed E-state index contributed by atoms with van der Waals surface area (Å²) in [7, 11) is 0. The van der Waals surface area contributed by atoms with Crippen molar-refractivity contribution in [3.63, 3.8) is 0 Å². The Labute approximate surface area is 176 Å². The molecule has 1 aromatic rings. The number of nitrogens with zero attached hydrogens (tertiary/aromatic N) is 4. The van der Waals surface area contributed by atoms with Crippen molar-refractivity contribution in [1.82, 2.24) is 20.2 Å². The third-order valence-corrected chi connectivity index (χ3v) is 6.52. The summed E-state index contributed by atoms with van der Waals surface area (Å²) >= 11 is 6.18. The van der Waals surface area contributed by atoms with Gasteiger partial charge in [-0.2, -0.15) is 18.3 Å². The molecule has 3 atom stereocenters. The molecule has 2 bridgehead atoms. The number of aromatic nitrogens is 1. The lowest BCUT2D eigenvalue weighted by Gasteiger charge is -2.43. The summed E-state index contributed by atoms with van der Waals surface area (Å²) in [6.07, 6.45) is -1.30. The Balaban J connectivity index is 1.31. The van der Waals surface area contributed by atoms with E-state index in [0.717, 1.165) is 11.3 Å². The Kier molecular flexibility index (Phi) is 4.36. The molecule has 3 aliphatic carbocycles. The molecule has 1 aromatic heterocycles. The van der Waals surface area contributed by atoms with Gasteiger partial charge in [0.05, 0.1) is 17.8 Å². The summed E-state index contributed by atoms with van der Waals surface area (Å²) in [4.78, 5) is 21.1. The molecule has 6 rings (SSSR count). The SMILES string of the molecule is Cc1ccc(C2=NNC3CN(C(=O)C4=C5C=C(C5)C(C(F)(F)F)C4Cl)CCN23)nc1. The average Bonchev–Trinajstić information content (AvgIpc) is 3.09. The molecule has 1 fully saturated rings. The van der Waals surface area contributed by atoms with Crippen LogP contribution in [0.1, 0.15) is 17.7 Å². The number of pyridine rings is 1. The smallest absolute Gasteiger partial charge is 0.333 e. The summed E-state index contributed by atoms with van der Waals surface area (Å²) in [5.41, 5.74) is 5.76. The average molecular weight is 438 g/mol. The Morgan fingerprint density at radius 3 is 2.73 bits per heavy atom. The Morgan fingerprint density at radius 1 is 1.30 bits per heavy atom. The first-order valence-electron chi connectivity index (χ1n) is 9.70. The van der Waals surface area contributed by atoms with E-state index in [9.17, 15) is 18.0 Å². The van der Waals surface area contributed by atoms with E-state index in [4.69, 9.17) is 11.6 Å². The van der Waals surface area contributed by atoms with E-state index >= 15 is 0 Å². The Morgan fingerprint density at radius 2 is 2.07 bits per heavy atom. The lowest BCUT2D eigenvalue weighted by molar-refractivity contribution is -0.165. The van der Waals surface area contributed by atoms with Crippen LogP contribution < -0.4 is 5.43 Å². The van der Waals surface area contributed by atoms with Gasteiger partial charge in [0.2, 0.25) is 0 Å². The van der Waals surface area contributed by atoms with Crippen molar-refractivity contribution in [3.8, 4) is 0 Å². The standard InChI is InChI=1S/C20H19ClF3N5O/c1-10-2-3-13(25-8-10)18-27-26-14-9-28(4-5-29(14)18)19(30)15-11-6-12(7-11)16(17(15)21)20(22,23)24/h2-3,6,8,14,16-17,26H,4-5,7,9H2,1H3. The summed E-state index contributed by atoms with van der Waals surface area (Å²) in [6, 6.07) is 3.84. The second kappa shape index (κ2) is 6.73. The molecule has 3 unspecified atom stereocenters. The number of hydrazone groups is 1. The number of fused-ring (bicyclic) bond motifs is 3. The second-order valence-corrected chi connectivity index (χ2v) is 8.47. The number of alkyl halides is 4. The van der Waals surface area contributed by atoms with Gasteiger partial charge in [-0.3, -0.25) is 15.2 Å². The molecule has 3 heterocycles. The minimum Gasteiger partial charge on any atom is -0.333 e. The number of amides is 1. The maximum atomic E-state index is 13.4. The molecule has 0 saturated carbocycles. The molecule has 6 nitrogen and oxygen atoms in total. The van der Waals surface area contributed by atoms with Crippen LogP contribution in [0.3, 0.4) is 0 Å². The minimum absolute atomic E-state index is 0.0850. The summed E-state index contributed by atoms with van der Waals surface area (Å²) < 4.78 is 40.3. The van der Waals surface area contributed by atoms with Crippen LogP contribution in [-0.2, 0) is 4.79 Å². The van der Waals surface area contributed by atoms with Crippen LogP contribution in [-0.4, -0.2) is 63.9 Å². The molecular formula is C20H19ClF3N5O. The lowest BCUT2D eigenvalue weighted by Crippen LogP contribution is -2.58. The van der Waals surface area contributed by atoms with Crippen molar-refractivity contribution in [2.45, 2.75) is 31.1 Å². The predicted molar refractivity (Wildman–Crippen MR) is 105 cm³/mol. The number of carbonyl (C=O) groups is 1. The zero-order chi connectivity index (χ0) is 21.2. The fourth-order valence-corrected chi connectivity index (χ4v) is 4.99. The van der Waals surface area contributed by atoms with Crippen LogP contribution in [0.25, 0.3) is 0 Å². The van der Waals surface area contributed by atoms with Crippen LogP contribution in [0.15, 0.2) is 46.2 Å². The van der Waals surface area contributed by atoms with E-state index < -0.39 is 23.4 Å². The molecule has 5 aliphatic rings. The molecule has 0 radical (unpaired) electrons. The van der Waals surface area contributed by atoms with E-state index in [0.29, 0.717) is 31.0 Å². The predicted octanol–water partition coefficient (Wildman–Crippen LogP) is 2.55. The van der Waals surface area contributed by atoms with Gasteiger partial charge in [0.1, 0.15) is 11.9 Å². The molecule has 158 valence electrons. The topological polar surface area (TPSA) is 60.8 Å². The van der Waals surface area contributed by atoms with Crippen molar-refractivity contribution < 1.29 is 18.0 Å². The van der Waals surface area contributed by atoms with Gasteiger partial charge < -0.3 is 9.80 Å². The summed E-state index contributed by atoms with van der Waals surface area (Å²) in [6.45, 7) is 3.12. The van der Waals surface area contributed by atoms with Gasteiger partial charge in [-0.1, -0.05) is 17.7 Å². The fourth-order valence-electron chi connectivity index (χ4n) is 4.46. The highest BCUT2D eigenvalue weighted by molar-refractivity contribution is 6.27. The summed E-state index contributed by atoms with van der Waals surface area (Å²) in [5.74, 6) is -1.51. The van der Waals surface area contributed by atoms with E-state index in [1.165, 1.54) is 6.08 Å². The molecule has 1 amide bonds. The van der Waals surface area contributed by atoms with Gasteiger partial charge in [0.25, 0.3) is 5.91 Å². The van der Waals surface area contributed by atoms with E-state index in [1.807, 2.05) is 24.0 Å². The van der Waals surface area contributed by atoms with Crippen molar-refractivity contribution in [2.75, 3.05) is 19.6 Å². The van der Waals surface area contributed by atoms with Crippen LogP contribution in [0, 0.1) is 12.8 Å². The van der Waals surface area contributed by atoms with Crippen LogP contribution in [0.5, 0.6) is 0 Å². The number of hydrogen-bond donors (Lipinski definition) is 1. The van der Waals surface area contributed by atoms with Gasteiger partial charge >= 0.3 is 6.18 Å². The highest BCUT2D eigenvalue weighted by atomic mass is 35.5. The zero-order valence-corrected chi connectivity index (χ0v) is 16.8. The monoisotopic (exact) mass is 437 g/mol. The van der Waals surface area contributed by atoms with Gasteiger partial charge in [-0.05, 0) is 30.5 Å². The van der Waals surface area contributed by atoms with Gasteiger partial charge in [-0.15, -0.1) is 11.6 Å². The lowest BCUT2D eigenvalue weighted by atomic mass is 9.70. The van der Waals surface area contributed by atoms with Crippen molar-refractivity contribution >= 4 is 23.3 Å². The third kappa shape index (κ3) is 2.98. The number of hydrogen-bond acceptors (Lipinski definition) is 5. The first kappa shape index (κ1) is 19.4. The number of aryl methyl sites for hydroxylation is 1. The number of amidine groups is 1. The van der Waals surface area contributed by atoms with Crippen molar-refractivity contribution in [3.05, 3.63) is 52.4 Å². The van der Waals surface area contributed by atoms with Gasteiger partial charge in [0.15, 0.2) is 5.84 Å².